The number of ether oxygens (including phenoxy) is 1. The molecule has 17 heavy (non-hydrogen) atoms. The van der Waals surface area contributed by atoms with Gasteiger partial charge in [-0.05, 0) is 18.6 Å². The number of esters is 1. The van der Waals surface area contributed by atoms with Crippen LogP contribution in [-0.4, -0.2) is 22.0 Å². The third-order valence-corrected chi connectivity index (χ3v) is 4.30. The normalized spacial score (nSPS) is 10.8. The van der Waals surface area contributed by atoms with E-state index in [-0.39, 0.29) is 5.97 Å². The second-order valence-electron chi connectivity index (χ2n) is 3.44. The Balaban J connectivity index is 2.73. The Morgan fingerprint density at radius 2 is 2.41 bits per heavy atom. The van der Waals surface area contributed by atoms with E-state index in [0.29, 0.717) is 5.56 Å². The molecule has 0 bridgehead atoms. The molecule has 4 nitrogen and oxygen atoms in total. The Morgan fingerprint density at radius 1 is 1.65 bits per heavy atom. The average molecular weight is 362 g/mol. The van der Waals surface area contributed by atoms with Crippen LogP contribution in [0.3, 0.4) is 0 Å². The van der Waals surface area contributed by atoms with E-state index in [1.54, 1.807) is 21.4 Å². The average Bonchev–Trinajstić information content (AvgIpc) is 2.74. The summed E-state index contributed by atoms with van der Waals surface area (Å²) in [7, 11) is 2.94. The Hall–Kier alpha value is -0.760. The molecule has 0 saturated carbocycles. The predicted molar refractivity (Wildman–Crippen MR) is 77.5 cm³/mol. The maximum atomic E-state index is 11.7. The largest absolute Gasteiger partial charge is 0.465 e. The summed E-state index contributed by atoms with van der Waals surface area (Å²) in [6.07, 6.45) is 2.53. The third-order valence-electron chi connectivity index (χ3n) is 2.57. The number of nitrogens with zero attached hydrogens (tertiary/aromatic N) is 2. The van der Waals surface area contributed by atoms with E-state index in [9.17, 15) is 4.79 Å². The lowest BCUT2D eigenvalue weighted by molar-refractivity contribution is 0.0603. The van der Waals surface area contributed by atoms with Crippen LogP contribution in [0.2, 0.25) is 0 Å². The fourth-order valence-electron chi connectivity index (χ4n) is 1.74. The van der Waals surface area contributed by atoms with E-state index < -0.39 is 0 Å². The molecule has 0 fully saturated rings. The lowest BCUT2D eigenvalue weighted by atomic mass is 10.2. The van der Waals surface area contributed by atoms with Crippen LogP contribution in [0.15, 0.2) is 18.3 Å². The van der Waals surface area contributed by atoms with E-state index in [2.05, 4.69) is 33.1 Å². The maximum Gasteiger partial charge on any atom is 0.338 e. The van der Waals surface area contributed by atoms with Crippen molar-refractivity contribution in [2.24, 2.45) is 0 Å². The molecule has 2 aromatic heterocycles. The van der Waals surface area contributed by atoms with E-state index in [0.717, 1.165) is 23.1 Å². The van der Waals surface area contributed by atoms with Gasteiger partial charge in [0, 0.05) is 47.6 Å². The Kier molecular flexibility index (Phi) is 3.93. The zero-order chi connectivity index (χ0) is 12.4. The molecular weight excluding hydrogens is 351 g/mol. The van der Waals surface area contributed by atoms with Crippen molar-refractivity contribution in [1.29, 1.82) is 0 Å². The van der Waals surface area contributed by atoms with Crippen LogP contribution in [0.25, 0.3) is 11.0 Å². The maximum absolute atomic E-state index is 11.7. The molecule has 0 aromatic carbocycles. The van der Waals surface area contributed by atoms with Gasteiger partial charge in [0.1, 0.15) is 0 Å². The lowest BCUT2D eigenvalue weighted by Crippen LogP contribution is -2.02. The van der Waals surface area contributed by atoms with Gasteiger partial charge in [-0.1, -0.05) is 6.92 Å². The summed E-state index contributed by atoms with van der Waals surface area (Å²) in [6, 6.07) is 3.69. The first-order valence-electron chi connectivity index (χ1n) is 5.09. The summed E-state index contributed by atoms with van der Waals surface area (Å²) in [6.45, 7) is 2.08. The number of halogens is 1. The van der Waals surface area contributed by atoms with Crippen molar-refractivity contribution in [2.45, 2.75) is 13.3 Å². The van der Waals surface area contributed by atoms with Crippen molar-refractivity contribution in [1.82, 2.24) is 8.96 Å². The highest BCUT2D eigenvalue weighted by atomic mass is 127. The van der Waals surface area contributed by atoms with Crippen LogP contribution >= 0.6 is 30.3 Å². The molecule has 0 aliphatic rings. The summed E-state index contributed by atoms with van der Waals surface area (Å²) in [5, 5.41) is 0.848. The molecule has 0 aliphatic heterocycles. The van der Waals surface area contributed by atoms with Gasteiger partial charge in [0.25, 0.3) is 0 Å². The molecule has 0 atom stereocenters. The van der Waals surface area contributed by atoms with E-state index in [1.807, 2.05) is 10.0 Å². The number of rotatable bonds is 3. The fraction of sp³-hybridized carbons (Fsp3) is 0.273. The smallest absolute Gasteiger partial charge is 0.338 e. The standard InChI is InChI=1S/C11H11IN2O2S/c1-3-7-6-9-8(11(15)16-2)4-5-13-10(9)14(7)17-12/h4-6H,3H2,1-2H3. The van der Waals surface area contributed by atoms with Crippen LogP contribution in [0.1, 0.15) is 23.0 Å². The molecule has 0 aliphatic carbocycles. The molecule has 6 heteroatoms. The molecule has 90 valence electrons. The number of carbonyl (C=O) groups excluding carboxylic acids is 1. The van der Waals surface area contributed by atoms with Crippen molar-refractivity contribution in [3.8, 4) is 0 Å². The van der Waals surface area contributed by atoms with E-state index >= 15 is 0 Å². The summed E-state index contributed by atoms with van der Waals surface area (Å²) in [5.41, 5.74) is 2.52. The summed E-state index contributed by atoms with van der Waals surface area (Å²) in [5.74, 6) is -0.323. The molecule has 2 aromatic rings. The van der Waals surface area contributed by atoms with Gasteiger partial charge in [0.2, 0.25) is 0 Å². The van der Waals surface area contributed by atoms with Gasteiger partial charge in [-0.25, -0.2) is 9.78 Å². The second-order valence-corrected chi connectivity index (χ2v) is 5.12. The molecule has 0 N–H and O–H groups in total. The van der Waals surface area contributed by atoms with Gasteiger partial charge in [-0.2, -0.15) is 0 Å². The molecule has 2 rings (SSSR count). The Bertz CT molecular complexity index is 568. The Labute approximate surface area is 115 Å². The van der Waals surface area contributed by atoms with Gasteiger partial charge in [0.05, 0.1) is 12.7 Å². The third kappa shape index (κ3) is 2.15. The van der Waals surface area contributed by atoms with E-state index in [4.69, 9.17) is 4.74 Å². The summed E-state index contributed by atoms with van der Waals surface area (Å²) in [4.78, 5) is 16.0. The number of aryl methyl sites for hydroxylation is 1. The SMILES string of the molecule is CCc1cc2c(C(=O)OC)ccnc2n1SI. The van der Waals surface area contributed by atoms with E-state index in [1.165, 1.54) is 7.11 Å². The van der Waals surface area contributed by atoms with Crippen molar-refractivity contribution in [3.05, 3.63) is 29.6 Å². The highest BCUT2D eigenvalue weighted by Gasteiger charge is 2.16. The second kappa shape index (κ2) is 5.26. The zero-order valence-corrected chi connectivity index (χ0v) is 12.4. The van der Waals surface area contributed by atoms with Crippen LogP contribution in [-0.2, 0) is 11.2 Å². The minimum atomic E-state index is -0.323. The van der Waals surface area contributed by atoms with Crippen molar-refractivity contribution >= 4 is 47.3 Å². The van der Waals surface area contributed by atoms with Gasteiger partial charge in [0.15, 0.2) is 5.65 Å². The number of aromatic nitrogens is 2. The molecule has 0 unspecified atom stereocenters. The van der Waals surface area contributed by atoms with Crippen LogP contribution in [0.4, 0.5) is 0 Å². The lowest BCUT2D eigenvalue weighted by Gasteiger charge is -2.02. The number of carbonyl (C=O) groups is 1. The highest BCUT2D eigenvalue weighted by molar-refractivity contribution is 14.2. The first-order chi connectivity index (χ1) is 8.22. The highest BCUT2D eigenvalue weighted by Crippen LogP contribution is 2.29. The Morgan fingerprint density at radius 3 is 3.00 bits per heavy atom. The predicted octanol–water partition coefficient (Wildman–Crippen LogP) is 3.23. The molecule has 0 amide bonds. The number of hydrogen-bond acceptors (Lipinski definition) is 4. The van der Waals surface area contributed by atoms with Crippen LogP contribution < -0.4 is 0 Å². The summed E-state index contributed by atoms with van der Waals surface area (Å²) < 4.78 is 6.81. The molecule has 0 saturated heterocycles. The van der Waals surface area contributed by atoms with Crippen molar-refractivity contribution in [3.63, 3.8) is 0 Å². The fourth-order valence-corrected chi connectivity index (χ4v) is 3.54. The molecule has 2 heterocycles. The monoisotopic (exact) mass is 362 g/mol. The number of methoxy groups -OCH3 is 1. The topological polar surface area (TPSA) is 44.1 Å². The zero-order valence-electron chi connectivity index (χ0n) is 9.44. The van der Waals surface area contributed by atoms with Crippen molar-refractivity contribution < 1.29 is 9.53 Å². The minimum absolute atomic E-state index is 0.323. The van der Waals surface area contributed by atoms with Gasteiger partial charge >= 0.3 is 5.97 Å². The number of fused-ring (bicyclic) bond motifs is 1. The van der Waals surface area contributed by atoms with Crippen molar-refractivity contribution in [2.75, 3.05) is 7.11 Å². The number of hydrogen-bond donors (Lipinski definition) is 0. The first kappa shape index (κ1) is 12.7. The van der Waals surface area contributed by atoms with Gasteiger partial charge in [-0.3, -0.25) is 3.97 Å². The van der Waals surface area contributed by atoms with Gasteiger partial charge in [-0.15, -0.1) is 0 Å². The van der Waals surface area contributed by atoms with Gasteiger partial charge < -0.3 is 4.74 Å². The first-order valence-corrected chi connectivity index (χ1v) is 8.41. The minimum Gasteiger partial charge on any atom is -0.465 e. The molecule has 0 radical (unpaired) electrons. The number of pyridine rings is 1. The molecular formula is C11H11IN2O2S. The quantitative estimate of drug-likeness (QED) is 0.621. The van der Waals surface area contributed by atoms with Crippen LogP contribution in [0.5, 0.6) is 0 Å². The summed E-state index contributed by atoms with van der Waals surface area (Å²) >= 11 is 2.21. The van der Waals surface area contributed by atoms with Crippen LogP contribution in [0, 0.1) is 0 Å². The molecule has 0 spiro atoms.